The van der Waals surface area contributed by atoms with Crippen LogP contribution in [0.25, 0.3) is 0 Å². The van der Waals surface area contributed by atoms with Crippen molar-refractivity contribution in [2.45, 2.75) is 38.3 Å². The number of hydrogen-bond donors (Lipinski definition) is 2. The smallest absolute Gasteiger partial charge is 0.281 e. The van der Waals surface area contributed by atoms with E-state index in [4.69, 9.17) is 11.5 Å². The highest BCUT2D eigenvalue weighted by Gasteiger charge is 2.46. The first-order valence-corrected chi connectivity index (χ1v) is 11.7. The van der Waals surface area contributed by atoms with Crippen molar-refractivity contribution in [1.82, 2.24) is 19.7 Å². The number of nitrogens with two attached hydrogens (primary N) is 2. The van der Waals surface area contributed by atoms with E-state index in [9.17, 15) is 4.79 Å². The summed E-state index contributed by atoms with van der Waals surface area (Å²) in [5.74, 6) is -0.570. The molecule has 1 aromatic carbocycles. The van der Waals surface area contributed by atoms with Gasteiger partial charge in [-0.3, -0.25) is 9.69 Å². The second kappa shape index (κ2) is 7.76. The summed E-state index contributed by atoms with van der Waals surface area (Å²) in [7, 11) is 0. The molecule has 1 aliphatic carbocycles. The van der Waals surface area contributed by atoms with Gasteiger partial charge in [0.2, 0.25) is 0 Å². The minimum absolute atomic E-state index is 0.0233. The first-order valence-electron chi connectivity index (χ1n) is 11.7. The molecule has 1 amide bonds. The van der Waals surface area contributed by atoms with Gasteiger partial charge in [-0.2, -0.15) is 9.49 Å². The Bertz CT molecular complexity index is 1270. The van der Waals surface area contributed by atoms with Crippen molar-refractivity contribution < 1.29 is 9.18 Å². The number of rotatable bonds is 2. The Morgan fingerprint density at radius 2 is 1.88 bits per heavy atom. The van der Waals surface area contributed by atoms with Gasteiger partial charge in [-0.15, -0.1) is 0 Å². The summed E-state index contributed by atoms with van der Waals surface area (Å²) < 4.78 is 16.9. The molecule has 3 aromatic rings. The number of carbonyl (C=O) groups is 1. The molecular weight excluding hydrogens is 435 g/mol. The predicted molar refractivity (Wildman–Crippen MR) is 126 cm³/mol. The molecule has 1 atom stereocenters. The minimum Gasteiger partial charge on any atom is -0.382 e. The van der Waals surface area contributed by atoms with Crippen molar-refractivity contribution in [2.75, 3.05) is 35.2 Å². The third kappa shape index (κ3) is 3.16. The fourth-order valence-corrected chi connectivity index (χ4v) is 5.80. The summed E-state index contributed by atoms with van der Waals surface area (Å²) in [5.41, 5.74) is 15.1. The van der Waals surface area contributed by atoms with Crippen LogP contribution in [-0.2, 0) is 13.0 Å². The van der Waals surface area contributed by atoms with E-state index >= 15 is 4.39 Å². The Hall–Kier alpha value is -3.53. The second-order valence-electron chi connectivity index (χ2n) is 9.50. The fraction of sp³-hybridized carbons (Fsp3) is 0.417. The van der Waals surface area contributed by atoms with Gasteiger partial charge >= 0.3 is 0 Å². The normalized spacial score (nSPS) is 20.9. The largest absolute Gasteiger partial charge is 0.382 e. The number of aryl methyl sites for hydroxylation is 1. The summed E-state index contributed by atoms with van der Waals surface area (Å²) in [5, 5.41) is 4.21. The molecule has 3 aliphatic rings. The van der Waals surface area contributed by atoms with Crippen LogP contribution in [0.3, 0.4) is 0 Å². The number of halogens is 1. The Morgan fingerprint density at radius 3 is 2.68 bits per heavy atom. The molecule has 6 rings (SSSR count). The molecule has 0 bridgehead atoms. The van der Waals surface area contributed by atoms with Crippen molar-refractivity contribution in [1.29, 1.82) is 0 Å². The van der Waals surface area contributed by atoms with Crippen LogP contribution in [0.1, 0.15) is 46.9 Å². The zero-order valence-corrected chi connectivity index (χ0v) is 18.8. The molecule has 0 radical (unpaired) electrons. The van der Waals surface area contributed by atoms with Gasteiger partial charge in [-0.25, -0.2) is 14.6 Å². The number of nitrogen functional groups attached to an aromatic ring is 1. The van der Waals surface area contributed by atoms with E-state index in [1.807, 2.05) is 17.0 Å². The standard InChI is InChI=1S/C24H27FN8O/c25-20-22(31-12-7-24(8-13-31)14-15-4-1-2-5-16(15)19(24)26)30-21(27)18(29-20)23(34)32-10-3-11-33-17(32)6-9-28-33/h1-2,4-6,9,19H,3,7-8,10-14,26H2,(H2,27,30). The van der Waals surface area contributed by atoms with Crippen LogP contribution in [-0.4, -0.2) is 45.3 Å². The molecule has 0 saturated carbocycles. The lowest BCUT2D eigenvalue weighted by atomic mass is 9.73. The average Bonchev–Trinajstić information content (AvgIpc) is 3.44. The Balaban J connectivity index is 1.21. The summed E-state index contributed by atoms with van der Waals surface area (Å²) in [4.78, 5) is 24.8. The average molecular weight is 463 g/mol. The maximum Gasteiger partial charge on any atom is 0.281 e. The summed E-state index contributed by atoms with van der Waals surface area (Å²) in [6, 6.07) is 10.1. The van der Waals surface area contributed by atoms with E-state index in [2.05, 4.69) is 27.2 Å². The van der Waals surface area contributed by atoms with Crippen molar-refractivity contribution in [3.8, 4) is 0 Å². The molecule has 176 valence electrons. The quantitative estimate of drug-likeness (QED) is 0.600. The zero-order chi connectivity index (χ0) is 23.4. The van der Waals surface area contributed by atoms with Gasteiger partial charge < -0.3 is 16.4 Å². The summed E-state index contributed by atoms with van der Waals surface area (Å²) in [6.07, 6.45) is 4.96. The van der Waals surface area contributed by atoms with Crippen LogP contribution in [0.4, 0.5) is 21.8 Å². The molecule has 10 heteroatoms. The summed E-state index contributed by atoms with van der Waals surface area (Å²) in [6.45, 7) is 2.42. The first kappa shape index (κ1) is 21.0. The number of fused-ring (bicyclic) bond motifs is 2. The molecule has 1 spiro atoms. The highest BCUT2D eigenvalue weighted by Crippen LogP contribution is 2.51. The zero-order valence-electron chi connectivity index (χ0n) is 18.8. The summed E-state index contributed by atoms with van der Waals surface area (Å²) >= 11 is 0. The number of nitrogens with zero attached hydrogens (tertiary/aromatic N) is 6. The molecule has 1 saturated heterocycles. The SMILES string of the molecule is Nc1nc(N2CCC3(CC2)Cc2ccccc2C3N)c(F)nc1C(=O)N1CCCn2nccc21. The van der Waals surface area contributed by atoms with Crippen LogP contribution in [0.5, 0.6) is 0 Å². The van der Waals surface area contributed by atoms with Crippen LogP contribution in [0.15, 0.2) is 36.5 Å². The van der Waals surface area contributed by atoms with Crippen LogP contribution in [0, 0.1) is 11.4 Å². The highest BCUT2D eigenvalue weighted by molar-refractivity contribution is 6.07. The predicted octanol–water partition coefficient (Wildman–Crippen LogP) is 2.29. The van der Waals surface area contributed by atoms with Gasteiger partial charge in [0.25, 0.3) is 11.9 Å². The van der Waals surface area contributed by atoms with Gasteiger partial charge in [0.15, 0.2) is 17.3 Å². The molecule has 4 N–H and O–H groups in total. The van der Waals surface area contributed by atoms with Gasteiger partial charge in [-0.05, 0) is 42.2 Å². The number of piperidine rings is 1. The van der Waals surface area contributed by atoms with E-state index in [1.165, 1.54) is 16.0 Å². The number of amides is 1. The highest BCUT2D eigenvalue weighted by atomic mass is 19.1. The number of aromatic nitrogens is 4. The molecule has 9 nitrogen and oxygen atoms in total. The maximum atomic E-state index is 15.2. The third-order valence-electron chi connectivity index (χ3n) is 7.68. The van der Waals surface area contributed by atoms with Crippen molar-refractivity contribution in [2.24, 2.45) is 11.1 Å². The third-order valence-corrected chi connectivity index (χ3v) is 7.68. The van der Waals surface area contributed by atoms with E-state index in [0.29, 0.717) is 25.5 Å². The second-order valence-corrected chi connectivity index (χ2v) is 9.50. The molecule has 2 aliphatic heterocycles. The lowest BCUT2D eigenvalue weighted by molar-refractivity contribution is 0.0976. The lowest BCUT2D eigenvalue weighted by Crippen LogP contribution is -2.45. The lowest BCUT2D eigenvalue weighted by Gasteiger charge is -2.42. The Kier molecular flexibility index (Phi) is 4.80. The van der Waals surface area contributed by atoms with Gasteiger partial charge in [0.05, 0.1) is 6.20 Å². The van der Waals surface area contributed by atoms with Crippen molar-refractivity contribution in [3.63, 3.8) is 0 Å². The number of carbonyl (C=O) groups excluding carboxylic acids is 1. The van der Waals surface area contributed by atoms with Gasteiger partial charge in [-0.1, -0.05) is 24.3 Å². The number of hydrogen-bond acceptors (Lipinski definition) is 7. The van der Waals surface area contributed by atoms with Crippen LogP contribution < -0.4 is 21.3 Å². The topological polar surface area (TPSA) is 119 Å². The first-order chi connectivity index (χ1) is 16.5. The molecule has 34 heavy (non-hydrogen) atoms. The molecular formula is C24H27FN8O. The maximum absolute atomic E-state index is 15.2. The number of anilines is 3. The van der Waals surface area contributed by atoms with E-state index in [1.54, 1.807) is 16.9 Å². The molecule has 2 aromatic heterocycles. The van der Waals surface area contributed by atoms with E-state index in [0.717, 1.165) is 32.2 Å². The Labute approximate surface area is 196 Å². The van der Waals surface area contributed by atoms with Crippen LogP contribution in [0.2, 0.25) is 0 Å². The van der Waals surface area contributed by atoms with Crippen molar-refractivity contribution in [3.05, 3.63) is 59.3 Å². The molecule has 1 fully saturated rings. The van der Waals surface area contributed by atoms with Crippen molar-refractivity contribution >= 4 is 23.4 Å². The van der Waals surface area contributed by atoms with E-state index < -0.39 is 11.9 Å². The Morgan fingerprint density at radius 1 is 1.09 bits per heavy atom. The minimum atomic E-state index is -0.780. The van der Waals surface area contributed by atoms with Gasteiger partial charge in [0, 0.05) is 38.3 Å². The van der Waals surface area contributed by atoms with Crippen LogP contribution >= 0.6 is 0 Å². The fourth-order valence-electron chi connectivity index (χ4n) is 5.80. The monoisotopic (exact) mass is 462 g/mol. The molecule has 4 heterocycles. The molecule has 1 unspecified atom stereocenters. The number of benzene rings is 1. The van der Waals surface area contributed by atoms with Gasteiger partial charge in [0.1, 0.15) is 5.82 Å². The van der Waals surface area contributed by atoms with E-state index in [-0.39, 0.29) is 28.8 Å².